The van der Waals surface area contributed by atoms with Gasteiger partial charge >= 0.3 is 0 Å². The van der Waals surface area contributed by atoms with Crippen molar-refractivity contribution >= 4 is 28.7 Å². The largest absolute Gasteiger partial charge is 0.397 e. The quantitative estimate of drug-likeness (QED) is 0.778. The van der Waals surface area contributed by atoms with Gasteiger partial charge in [-0.25, -0.2) is 4.98 Å². The van der Waals surface area contributed by atoms with Crippen molar-refractivity contribution in [3.8, 4) is 0 Å². The Balaban J connectivity index is 2.18. The summed E-state index contributed by atoms with van der Waals surface area (Å²) in [6.45, 7) is 2.74. The van der Waals surface area contributed by atoms with Crippen molar-refractivity contribution in [3.63, 3.8) is 0 Å². The average molecular weight is 276 g/mol. The van der Waals surface area contributed by atoms with Crippen LogP contribution < -0.4 is 16.8 Å². The molecule has 0 aliphatic rings. The molecule has 0 radical (unpaired) electrons. The van der Waals surface area contributed by atoms with Crippen molar-refractivity contribution in [2.45, 2.75) is 19.9 Å². The van der Waals surface area contributed by atoms with E-state index in [1.807, 2.05) is 0 Å². The Morgan fingerprint density at radius 3 is 3.00 bits per heavy atom. The lowest BCUT2D eigenvalue weighted by molar-refractivity contribution is 0.100. The Morgan fingerprint density at radius 2 is 2.32 bits per heavy atom. The van der Waals surface area contributed by atoms with E-state index in [-0.39, 0.29) is 0 Å². The van der Waals surface area contributed by atoms with Crippen molar-refractivity contribution in [1.29, 1.82) is 0 Å². The number of amides is 1. The number of nitrogen functional groups attached to an aromatic ring is 1. The van der Waals surface area contributed by atoms with Crippen molar-refractivity contribution in [3.05, 3.63) is 39.7 Å². The lowest BCUT2D eigenvalue weighted by atomic mass is 10.2. The van der Waals surface area contributed by atoms with Gasteiger partial charge in [0.2, 0.25) is 0 Å². The van der Waals surface area contributed by atoms with E-state index in [9.17, 15) is 4.79 Å². The minimum absolute atomic E-state index is 0.314. The number of carbonyl (C=O) groups is 1. The number of anilines is 2. The van der Waals surface area contributed by atoms with Gasteiger partial charge in [-0.3, -0.25) is 4.79 Å². The van der Waals surface area contributed by atoms with E-state index in [1.165, 1.54) is 22.7 Å². The fourth-order valence-electron chi connectivity index (χ4n) is 1.81. The molecule has 2 rings (SSSR count). The highest BCUT2D eigenvalue weighted by molar-refractivity contribution is 7.10. The second-order valence-electron chi connectivity index (χ2n) is 4.11. The molecule has 0 saturated carbocycles. The van der Waals surface area contributed by atoms with Gasteiger partial charge in [-0.2, -0.15) is 0 Å². The smallest absolute Gasteiger partial charge is 0.252 e. The molecule has 0 aromatic carbocycles. The molecule has 0 atom stereocenters. The summed E-state index contributed by atoms with van der Waals surface area (Å²) < 4.78 is 0. The van der Waals surface area contributed by atoms with Crippen LogP contribution in [0.15, 0.2) is 23.7 Å². The number of primary amides is 1. The molecule has 0 spiro atoms. The van der Waals surface area contributed by atoms with Gasteiger partial charge < -0.3 is 16.8 Å². The van der Waals surface area contributed by atoms with Crippen LogP contribution in [-0.2, 0) is 13.0 Å². The van der Waals surface area contributed by atoms with Crippen LogP contribution in [0.4, 0.5) is 11.5 Å². The molecule has 0 aliphatic carbocycles. The van der Waals surface area contributed by atoms with Crippen LogP contribution >= 0.6 is 11.3 Å². The van der Waals surface area contributed by atoms with E-state index in [0.29, 0.717) is 23.6 Å². The van der Waals surface area contributed by atoms with Crippen LogP contribution in [0, 0.1) is 0 Å². The summed E-state index contributed by atoms with van der Waals surface area (Å²) in [5, 5.41) is 5.20. The molecular weight excluding hydrogens is 260 g/mol. The number of aryl methyl sites for hydroxylation is 1. The van der Waals surface area contributed by atoms with Gasteiger partial charge in [0.25, 0.3) is 5.91 Å². The van der Waals surface area contributed by atoms with Gasteiger partial charge in [-0.1, -0.05) is 6.92 Å². The third kappa shape index (κ3) is 3.03. The second-order valence-corrected chi connectivity index (χ2v) is 5.11. The minimum atomic E-state index is -0.538. The third-order valence-electron chi connectivity index (χ3n) is 2.81. The first-order chi connectivity index (χ1) is 9.11. The van der Waals surface area contributed by atoms with Gasteiger partial charge in [0.05, 0.1) is 24.0 Å². The van der Waals surface area contributed by atoms with Gasteiger partial charge in [0.15, 0.2) is 0 Å². The molecule has 2 aromatic rings. The molecular formula is C13H16N4OS. The van der Waals surface area contributed by atoms with Crippen LogP contribution in [0.3, 0.4) is 0 Å². The fraction of sp³-hybridized carbons (Fsp3) is 0.231. The maximum atomic E-state index is 11.3. The Bertz CT molecular complexity index is 594. The number of nitrogens with one attached hydrogen (secondary N) is 1. The van der Waals surface area contributed by atoms with Crippen molar-refractivity contribution < 1.29 is 4.79 Å². The lowest BCUT2D eigenvalue weighted by Crippen LogP contribution is -2.16. The Hall–Kier alpha value is -2.08. The molecule has 100 valence electrons. The third-order valence-corrected chi connectivity index (χ3v) is 3.77. The highest BCUT2D eigenvalue weighted by Gasteiger charge is 2.11. The standard InChI is InChI=1S/C13H16N4OS/c1-2-8-3-4-19-11(8)7-17-13-10(12(15)18)5-9(14)6-16-13/h3-6H,2,7,14H2,1H3,(H2,15,18)(H,16,17). The van der Waals surface area contributed by atoms with E-state index in [0.717, 1.165) is 6.42 Å². The molecule has 19 heavy (non-hydrogen) atoms. The molecule has 0 unspecified atom stereocenters. The number of pyridine rings is 1. The summed E-state index contributed by atoms with van der Waals surface area (Å²) >= 11 is 1.68. The number of hydrogen-bond acceptors (Lipinski definition) is 5. The molecule has 0 saturated heterocycles. The second kappa shape index (κ2) is 5.71. The van der Waals surface area contributed by atoms with Crippen LogP contribution in [0.2, 0.25) is 0 Å². The summed E-state index contributed by atoms with van der Waals surface area (Å²) in [4.78, 5) is 16.7. The van der Waals surface area contributed by atoms with Crippen molar-refractivity contribution in [2.75, 3.05) is 11.1 Å². The number of hydrogen-bond donors (Lipinski definition) is 3. The first-order valence-corrected chi connectivity index (χ1v) is 6.84. The molecule has 2 heterocycles. The van der Waals surface area contributed by atoms with Gasteiger partial charge in [0, 0.05) is 4.88 Å². The van der Waals surface area contributed by atoms with Crippen LogP contribution in [0.1, 0.15) is 27.7 Å². The molecule has 0 bridgehead atoms. The Morgan fingerprint density at radius 1 is 1.53 bits per heavy atom. The van der Waals surface area contributed by atoms with Crippen LogP contribution in [0.25, 0.3) is 0 Å². The predicted molar refractivity (Wildman–Crippen MR) is 78.2 cm³/mol. The summed E-state index contributed by atoms with van der Waals surface area (Å²) in [5.41, 5.74) is 13.0. The summed E-state index contributed by atoms with van der Waals surface area (Å²) in [5.74, 6) is -0.0682. The number of thiophene rings is 1. The van der Waals surface area contributed by atoms with Gasteiger partial charge in [-0.05, 0) is 29.5 Å². The molecule has 1 amide bonds. The van der Waals surface area contributed by atoms with E-state index < -0.39 is 5.91 Å². The normalized spacial score (nSPS) is 10.4. The van der Waals surface area contributed by atoms with E-state index >= 15 is 0 Å². The van der Waals surface area contributed by atoms with E-state index in [4.69, 9.17) is 11.5 Å². The summed E-state index contributed by atoms with van der Waals surface area (Å²) in [6, 6.07) is 3.64. The molecule has 6 heteroatoms. The molecule has 5 N–H and O–H groups in total. The molecule has 0 aliphatic heterocycles. The monoisotopic (exact) mass is 276 g/mol. The zero-order valence-electron chi connectivity index (χ0n) is 10.6. The van der Waals surface area contributed by atoms with E-state index in [2.05, 4.69) is 28.7 Å². The highest BCUT2D eigenvalue weighted by atomic mass is 32.1. The van der Waals surface area contributed by atoms with Gasteiger partial charge in [-0.15, -0.1) is 11.3 Å². The Labute approximate surface area is 115 Å². The first kappa shape index (κ1) is 13.4. The maximum absolute atomic E-state index is 11.3. The maximum Gasteiger partial charge on any atom is 0.252 e. The Kier molecular flexibility index (Phi) is 4.01. The number of aromatic nitrogens is 1. The summed E-state index contributed by atoms with van der Waals surface area (Å²) in [7, 11) is 0. The zero-order chi connectivity index (χ0) is 13.8. The topological polar surface area (TPSA) is 94.0 Å². The SMILES string of the molecule is CCc1ccsc1CNc1ncc(N)cc1C(N)=O. The lowest BCUT2D eigenvalue weighted by Gasteiger charge is -2.09. The number of rotatable bonds is 5. The number of nitrogens with two attached hydrogens (primary N) is 2. The molecule has 2 aromatic heterocycles. The predicted octanol–water partition coefficient (Wildman–Crippen LogP) is 2.00. The average Bonchev–Trinajstić information content (AvgIpc) is 2.84. The fourth-order valence-corrected chi connectivity index (χ4v) is 2.73. The van der Waals surface area contributed by atoms with Crippen LogP contribution in [0.5, 0.6) is 0 Å². The zero-order valence-corrected chi connectivity index (χ0v) is 11.5. The first-order valence-electron chi connectivity index (χ1n) is 5.96. The van der Waals surface area contributed by atoms with Crippen molar-refractivity contribution in [1.82, 2.24) is 4.98 Å². The van der Waals surface area contributed by atoms with Gasteiger partial charge in [0.1, 0.15) is 5.82 Å². The molecule has 5 nitrogen and oxygen atoms in total. The number of nitrogens with zero attached hydrogens (tertiary/aromatic N) is 1. The number of carbonyl (C=O) groups excluding carboxylic acids is 1. The van der Waals surface area contributed by atoms with Crippen LogP contribution in [-0.4, -0.2) is 10.9 Å². The highest BCUT2D eigenvalue weighted by Crippen LogP contribution is 2.20. The van der Waals surface area contributed by atoms with Crippen molar-refractivity contribution in [2.24, 2.45) is 5.73 Å². The minimum Gasteiger partial charge on any atom is -0.397 e. The molecule has 0 fully saturated rings. The van der Waals surface area contributed by atoms with E-state index in [1.54, 1.807) is 11.3 Å². The summed E-state index contributed by atoms with van der Waals surface area (Å²) in [6.07, 6.45) is 2.49.